The highest BCUT2D eigenvalue weighted by Gasteiger charge is 2.42. The quantitative estimate of drug-likeness (QED) is 0.316. The number of nitrogens with one attached hydrogen (secondary N) is 1. The summed E-state index contributed by atoms with van der Waals surface area (Å²) in [4.78, 5) is 0. The maximum absolute atomic E-state index is 13.7. The molecule has 0 saturated carbocycles. The van der Waals surface area contributed by atoms with Crippen molar-refractivity contribution in [2.24, 2.45) is 5.10 Å². The highest BCUT2D eigenvalue weighted by molar-refractivity contribution is 6.33. The normalized spacial score (nSPS) is 11.9. The van der Waals surface area contributed by atoms with Gasteiger partial charge < -0.3 is 9.84 Å². The van der Waals surface area contributed by atoms with E-state index < -0.39 is 40.7 Å². The summed E-state index contributed by atoms with van der Waals surface area (Å²) in [5, 5.41) is 12.7. The number of rotatable bonds is 4. The van der Waals surface area contributed by atoms with E-state index in [9.17, 15) is 35.8 Å². The van der Waals surface area contributed by atoms with Gasteiger partial charge in [0.15, 0.2) is 34.8 Å². The summed E-state index contributed by atoms with van der Waals surface area (Å²) in [7, 11) is 1.22. The average molecular weight is 417 g/mol. The van der Waals surface area contributed by atoms with Crippen LogP contribution < -0.4 is 10.2 Å². The van der Waals surface area contributed by atoms with Gasteiger partial charge in [0.25, 0.3) is 0 Å². The second kappa shape index (κ2) is 7.51. The van der Waals surface area contributed by atoms with Gasteiger partial charge in [0, 0.05) is 11.6 Å². The lowest BCUT2D eigenvalue weighted by Crippen LogP contribution is -2.16. The number of hydrazone groups is 1. The Balaban J connectivity index is 2.41. The van der Waals surface area contributed by atoms with Crippen molar-refractivity contribution in [1.82, 2.24) is 0 Å². The summed E-state index contributed by atoms with van der Waals surface area (Å²) in [6.45, 7) is 0. The molecule has 0 spiro atoms. The van der Waals surface area contributed by atoms with Gasteiger partial charge in [-0.3, -0.25) is 5.43 Å². The zero-order valence-electron chi connectivity index (χ0n) is 13.1. The Labute approximate surface area is 151 Å². The zero-order valence-corrected chi connectivity index (χ0v) is 13.8. The molecule has 2 rings (SSSR count). The second-order valence-corrected chi connectivity index (χ2v) is 5.33. The third kappa shape index (κ3) is 4.02. The van der Waals surface area contributed by atoms with Crippen molar-refractivity contribution in [3.05, 3.63) is 51.6 Å². The SMILES string of the molecule is COc1cc(/C=N/Nc2c(F)c(F)c(C(F)(F)F)c(F)c2F)c(Cl)cc1O. The number of hydrogen-bond donors (Lipinski definition) is 2. The molecule has 2 N–H and O–H groups in total. The number of benzene rings is 2. The first-order valence-electron chi connectivity index (χ1n) is 6.77. The first-order chi connectivity index (χ1) is 12.5. The minimum Gasteiger partial charge on any atom is -0.504 e. The van der Waals surface area contributed by atoms with Crippen molar-refractivity contribution in [2.45, 2.75) is 6.18 Å². The second-order valence-electron chi connectivity index (χ2n) is 4.92. The van der Waals surface area contributed by atoms with Crippen LogP contribution in [0.15, 0.2) is 17.2 Å². The van der Waals surface area contributed by atoms with Gasteiger partial charge in [0.1, 0.15) is 11.3 Å². The summed E-state index contributed by atoms with van der Waals surface area (Å²) in [5.74, 6) is -10.2. The highest BCUT2D eigenvalue weighted by Crippen LogP contribution is 2.38. The smallest absolute Gasteiger partial charge is 0.422 e. The molecule has 0 heterocycles. The molecule has 12 heteroatoms. The van der Waals surface area contributed by atoms with E-state index in [4.69, 9.17) is 16.3 Å². The van der Waals surface area contributed by atoms with Gasteiger partial charge in [0.05, 0.1) is 18.3 Å². The fourth-order valence-electron chi connectivity index (χ4n) is 1.97. The minimum atomic E-state index is -5.65. The molecule has 4 nitrogen and oxygen atoms in total. The monoisotopic (exact) mass is 416 g/mol. The van der Waals surface area contributed by atoms with Crippen LogP contribution in [0.2, 0.25) is 5.02 Å². The molecule has 0 amide bonds. The number of hydrogen-bond acceptors (Lipinski definition) is 4. The molecule has 27 heavy (non-hydrogen) atoms. The number of phenols is 1. The lowest BCUT2D eigenvalue weighted by molar-refractivity contribution is -0.143. The van der Waals surface area contributed by atoms with Crippen LogP contribution in [-0.4, -0.2) is 18.4 Å². The van der Waals surface area contributed by atoms with E-state index in [-0.39, 0.29) is 22.1 Å². The van der Waals surface area contributed by atoms with Crippen molar-refractivity contribution >= 4 is 23.5 Å². The molecule has 0 atom stereocenters. The molecule has 2 aromatic rings. The first-order valence-corrected chi connectivity index (χ1v) is 7.15. The van der Waals surface area contributed by atoms with Crippen LogP contribution in [0.25, 0.3) is 0 Å². The maximum atomic E-state index is 13.7. The van der Waals surface area contributed by atoms with Crippen molar-refractivity contribution in [3.8, 4) is 11.5 Å². The Morgan fingerprint density at radius 1 is 1.07 bits per heavy atom. The summed E-state index contributed by atoms with van der Waals surface area (Å²) in [6.07, 6.45) is -4.82. The molecule has 146 valence electrons. The van der Waals surface area contributed by atoms with E-state index in [1.165, 1.54) is 13.2 Å². The van der Waals surface area contributed by atoms with Crippen LogP contribution in [-0.2, 0) is 6.18 Å². The van der Waals surface area contributed by atoms with Gasteiger partial charge in [-0.05, 0) is 6.07 Å². The molecule has 0 aliphatic rings. The lowest BCUT2D eigenvalue weighted by Gasteiger charge is -2.13. The fraction of sp³-hybridized carbons (Fsp3) is 0.133. The van der Waals surface area contributed by atoms with Gasteiger partial charge in [-0.1, -0.05) is 11.6 Å². The number of phenolic OH excluding ortho intramolecular Hbond substituents is 1. The number of anilines is 1. The standard InChI is InChI=1S/C15H8ClF7N2O2/c1-27-8-2-5(6(16)3-7(8)26)4-24-25-14-12(19)10(17)9(15(21,22)23)11(18)13(14)20/h2-4,25-26H,1H3/b24-4+. The Bertz CT molecular complexity index is 887. The zero-order chi connectivity index (χ0) is 20.5. The molecule has 0 bridgehead atoms. The van der Waals surface area contributed by atoms with Gasteiger partial charge >= 0.3 is 6.18 Å². The number of nitrogens with zero attached hydrogens (tertiary/aromatic N) is 1. The van der Waals surface area contributed by atoms with E-state index in [1.807, 2.05) is 0 Å². The Kier molecular flexibility index (Phi) is 5.73. The van der Waals surface area contributed by atoms with Crippen LogP contribution >= 0.6 is 11.6 Å². The van der Waals surface area contributed by atoms with Crippen LogP contribution in [0.1, 0.15) is 11.1 Å². The molecule has 0 aromatic heterocycles. The van der Waals surface area contributed by atoms with Crippen LogP contribution in [0.3, 0.4) is 0 Å². The number of alkyl halides is 3. The van der Waals surface area contributed by atoms with Crippen LogP contribution in [0, 0.1) is 23.3 Å². The molecule has 0 saturated heterocycles. The lowest BCUT2D eigenvalue weighted by atomic mass is 10.1. The van der Waals surface area contributed by atoms with Gasteiger partial charge in [-0.15, -0.1) is 0 Å². The Morgan fingerprint density at radius 2 is 1.63 bits per heavy atom. The molecule has 0 unspecified atom stereocenters. The van der Waals surface area contributed by atoms with Crippen molar-refractivity contribution in [3.63, 3.8) is 0 Å². The number of ether oxygens (including phenoxy) is 1. The number of halogens is 8. The predicted molar refractivity (Wildman–Crippen MR) is 82.2 cm³/mol. The topological polar surface area (TPSA) is 53.8 Å². The van der Waals surface area contributed by atoms with Gasteiger partial charge in [-0.25, -0.2) is 17.6 Å². The van der Waals surface area contributed by atoms with E-state index in [1.54, 1.807) is 5.43 Å². The maximum Gasteiger partial charge on any atom is 0.422 e. The van der Waals surface area contributed by atoms with Crippen molar-refractivity contribution in [2.75, 3.05) is 12.5 Å². The average Bonchev–Trinajstić information content (AvgIpc) is 2.56. The highest BCUT2D eigenvalue weighted by atomic mass is 35.5. The third-order valence-corrected chi connectivity index (χ3v) is 3.55. The van der Waals surface area contributed by atoms with E-state index in [0.29, 0.717) is 0 Å². The molecule has 0 aliphatic heterocycles. The molecule has 0 aliphatic carbocycles. The summed E-state index contributed by atoms with van der Waals surface area (Å²) >= 11 is 5.80. The summed E-state index contributed by atoms with van der Waals surface area (Å²) < 4.78 is 96.8. The Morgan fingerprint density at radius 3 is 2.11 bits per heavy atom. The number of methoxy groups -OCH3 is 1. The van der Waals surface area contributed by atoms with Gasteiger partial charge in [-0.2, -0.15) is 18.3 Å². The van der Waals surface area contributed by atoms with Crippen LogP contribution in [0.5, 0.6) is 11.5 Å². The minimum absolute atomic E-state index is 0.0372. The summed E-state index contributed by atoms with van der Waals surface area (Å²) in [6, 6.07) is 2.23. The third-order valence-electron chi connectivity index (χ3n) is 3.23. The summed E-state index contributed by atoms with van der Waals surface area (Å²) in [5.41, 5.74) is -2.64. The Hall–Kier alpha value is -2.69. The van der Waals surface area contributed by atoms with E-state index >= 15 is 0 Å². The van der Waals surface area contributed by atoms with E-state index in [2.05, 4.69) is 5.10 Å². The van der Waals surface area contributed by atoms with Crippen molar-refractivity contribution in [1.29, 1.82) is 0 Å². The van der Waals surface area contributed by atoms with Crippen molar-refractivity contribution < 1.29 is 40.6 Å². The first kappa shape index (κ1) is 20.6. The molecule has 0 radical (unpaired) electrons. The predicted octanol–water partition coefficient (Wildman–Crippen LogP) is 5.08. The van der Waals surface area contributed by atoms with Crippen LogP contribution in [0.4, 0.5) is 36.4 Å². The van der Waals surface area contributed by atoms with Gasteiger partial charge in [0.2, 0.25) is 0 Å². The largest absolute Gasteiger partial charge is 0.504 e. The number of aromatic hydroxyl groups is 1. The molecular weight excluding hydrogens is 409 g/mol. The molecule has 0 fully saturated rings. The fourth-order valence-corrected chi connectivity index (χ4v) is 2.17. The molecule has 2 aromatic carbocycles. The van der Waals surface area contributed by atoms with E-state index in [0.717, 1.165) is 12.3 Å². The molecular formula is C15H8ClF7N2O2.